The smallest absolute Gasteiger partial charge is 0.251 e. The maximum atomic E-state index is 12.7. The number of nitrogens with one attached hydrogen (secondary N) is 1. The average Bonchev–Trinajstić information content (AvgIpc) is 2.84. The molecule has 0 spiro atoms. The normalized spacial score (nSPS) is 14.8. The molecule has 0 radical (unpaired) electrons. The number of carbonyl (C=O) groups excluding carboxylic acids is 1. The minimum atomic E-state index is -3.60. The van der Waals surface area contributed by atoms with Gasteiger partial charge in [0.05, 0.1) is 30.7 Å². The van der Waals surface area contributed by atoms with E-state index in [1.807, 2.05) is 19.1 Å². The van der Waals surface area contributed by atoms with Crippen molar-refractivity contribution in [2.75, 3.05) is 38.7 Å². The molecule has 0 bridgehead atoms. The highest BCUT2D eigenvalue weighted by atomic mass is 32.2. The molecule has 1 aliphatic rings. The molecule has 3 aromatic rings. The number of ether oxygens (including phenoxy) is 2. The van der Waals surface area contributed by atoms with Crippen LogP contribution in [0.5, 0.6) is 5.75 Å². The topological polar surface area (TPSA) is 107 Å². The summed E-state index contributed by atoms with van der Waals surface area (Å²) in [5.41, 5.74) is 1.76. The van der Waals surface area contributed by atoms with Crippen LogP contribution in [0.1, 0.15) is 12.0 Å². The van der Waals surface area contributed by atoms with E-state index in [2.05, 4.69) is 5.32 Å². The van der Waals surface area contributed by atoms with E-state index in [1.54, 1.807) is 35.9 Å². The van der Waals surface area contributed by atoms with Crippen molar-refractivity contribution in [3.05, 3.63) is 64.4 Å². The first-order chi connectivity index (χ1) is 16.3. The molecule has 1 aliphatic heterocycles. The fourth-order valence-electron chi connectivity index (χ4n) is 4.04. The number of aryl methyl sites for hydroxylation is 2. The predicted octanol–water partition coefficient (Wildman–Crippen LogP) is 2.37. The average molecular weight is 486 g/mol. The maximum Gasteiger partial charge on any atom is 0.251 e. The van der Waals surface area contributed by atoms with Gasteiger partial charge in [-0.2, -0.15) is 4.31 Å². The number of pyridine rings is 1. The number of nitrogens with zero attached hydrogens (tertiary/aromatic N) is 2. The van der Waals surface area contributed by atoms with Crippen molar-refractivity contribution in [3.63, 3.8) is 0 Å². The van der Waals surface area contributed by atoms with Gasteiger partial charge in [-0.05, 0) is 42.8 Å². The van der Waals surface area contributed by atoms with E-state index < -0.39 is 10.0 Å². The molecule has 9 nitrogen and oxygen atoms in total. The van der Waals surface area contributed by atoms with Crippen molar-refractivity contribution < 1.29 is 22.7 Å². The zero-order valence-electron chi connectivity index (χ0n) is 19.1. The summed E-state index contributed by atoms with van der Waals surface area (Å²) in [7, 11) is -2.06. The zero-order valence-corrected chi connectivity index (χ0v) is 19.9. The van der Waals surface area contributed by atoms with E-state index in [1.165, 1.54) is 16.4 Å². The molecule has 180 valence electrons. The van der Waals surface area contributed by atoms with Crippen molar-refractivity contribution in [2.24, 2.45) is 0 Å². The van der Waals surface area contributed by atoms with Crippen LogP contribution < -0.4 is 15.6 Å². The third-order valence-electron chi connectivity index (χ3n) is 5.83. The SMILES string of the molecule is COc1cccc2c(C)cc(=O)n(CCC(=O)Nc3ccc(S(=O)(=O)N4CCOCC4)cc3)c12. The van der Waals surface area contributed by atoms with Gasteiger partial charge in [-0.1, -0.05) is 12.1 Å². The van der Waals surface area contributed by atoms with Crippen LogP contribution in [0.2, 0.25) is 0 Å². The number of benzene rings is 2. The number of aromatic nitrogens is 1. The third-order valence-corrected chi connectivity index (χ3v) is 7.74. The molecule has 0 unspecified atom stereocenters. The zero-order chi connectivity index (χ0) is 24.3. The lowest BCUT2D eigenvalue weighted by atomic mass is 10.1. The Hall–Kier alpha value is -3.21. The van der Waals surface area contributed by atoms with Crippen LogP contribution in [0.25, 0.3) is 10.9 Å². The van der Waals surface area contributed by atoms with Gasteiger partial charge < -0.3 is 19.4 Å². The van der Waals surface area contributed by atoms with Crippen molar-refractivity contribution in [3.8, 4) is 5.75 Å². The Balaban J connectivity index is 1.46. The molecule has 4 rings (SSSR count). The Labute approximate surface area is 197 Å². The van der Waals surface area contributed by atoms with Crippen molar-refractivity contribution in [1.29, 1.82) is 0 Å². The molecular formula is C24H27N3O6S. The van der Waals surface area contributed by atoms with Gasteiger partial charge in [0.25, 0.3) is 5.56 Å². The number of anilines is 1. The first-order valence-electron chi connectivity index (χ1n) is 11.0. The number of amides is 1. The van der Waals surface area contributed by atoms with E-state index in [0.29, 0.717) is 43.3 Å². The molecule has 1 aromatic heterocycles. The molecule has 1 fully saturated rings. The van der Waals surface area contributed by atoms with Crippen LogP contribution in [-0.2, 0) is 26.1 Å². The molecule has 2 aromatic carbocycles. The Morgan fingerprint density at radius 3 is 2.50 bits per heavy atom. The summed E-state index contributed by atoms with van der Waals surface area (Å²) < 4.78 is 39.1. The van der Waals surface area contributed by atoms with Crippen molar-refractivity contribution in [1.82, 2.24) is 8.87 Å². The van der Waals surface area contributed by atoms with Gasteiger partial charge >= 0.3 is 0 Å². The Morgan fingerprint density at radius 2 is 1.82 bits per heavy atom. The number of para-hydroxylation sites is 1. The quantitative estimate of drug-likeness (QED) is 0.551. The first-order valence-corrected chi connectivity index (χ1v) is 12.4. The van der Waals surface area contributed by atoms with Crippen molar-refractivity contribution >= 4 is 32.5 Å². The molecule has 0 atom stereocenters. The molecular weight excluding hydrogens is 458 g/mol. The number of carbonyl (C=O) groups is 1. The summed E-state index contributed by atoms with van der Waals surface area (Å²) in [5.74, 6) is 0.273. The summed E-state index contributed by atoms with van der Waals surface area (Å²) in [6.45, 7) is 3.42. The fraction of sp³-hybridized carbons (Fsp3) is 0.333. The Bertz CT molecular complexity index is 1360. The first kappa shape index (κ1) is 23.9. The number of hydrogen-bond donors (Lipinski definition) is 1. The van der Waals surface area contributed by atoms with Crippen LogP contribution in [0.4, 0.5) is 5.69 Å². The highest BCUT2D eigenvalue weighted by Crippen LogP contribution is 2.26. The number of morpholine rings is 1. The lowest BCUT2D eigenvalue weighted by Gasteiger charge is -2.26. The van der Waals surface area contributed by atoms with Gasteiger partial charge in [0.1, 0.15) is 5.75 Å². The minimum Gasteiger partial charge on any atom is -0.495 e. The standard InChI is InChI=1S/C24H27N3O6S/c1-17-16-23(29)27(24-20(17)4-3-5-21(24)32-2)11-10-22(28)25-18-6-8-19(9-7-18)34(30,31)26-12-14-33-15-13-26/h3-9,16H,10-15H2,1-2H3,(H,25,28). The van der Waals surface area contributed by atoms with E-state index in [0.717, 1.165) is 10.9 Å². The molecule has 10 heteroatoms. The second-order valence-corrected chi connectivity index (χ2v) is 9.95. The molecule has 1 saturated heterocycles. The number of rotatable bonds is 7. The maximum absolute atomic E-state index is 12.7. The van der Waals surface area contributed by atoms with E-state index in [9.17, 15) is 18.0 Å². The molecule has 0 saturated carbocycles. The van der Waals surface area contributed by atoms with E-state index in [4.69, 9.17) is 9.47 Å². The van der Waals surface area contributed by atoms with Gasteiger partial charge in [-0.3, -0.25) is 9.59 Å². The number of sulfonamides is 1. The van der Waals surface area contributed by atoms with Crippen LogP contribution in [0.3, 0.4) is 0 Å². The van der Waals surface area contributed by atoms with Crippen LogP contribution in [0.15, 0.2) is 58.2 Å². The number of fused-ring (bicyclic) bond motifs is 1. The largest absolute Gasteiger partial charge is 0.495 e. The van der Waals surface area contributed by atoms with Gasteiger partial charge in [-0.25, -0.2) is 8.42 Å². The summed E-state index contributed by atoms with van der Waals surface area (Å²) in [6, 6.07) is 13.2. The van der Waals surface area contributed by atoms with E-state index in [-0.39, 0.29) is 29.3 Å². The highest BCUT2D eigenvalue weighted by molar-refractivity contribution is 7.89. The number of methoxy groups -OCH3 is 1. The van der Waals surface area contributed by atoms with Crippen LogP contribution in [-0.4, -0.2) is 56.6 Å². The molecule has 1 N–H and O–H groups in total. The van der Waals surface area contributed by atoms with Gasteiger partial charge in [-0.15, -0.1) is 0 Å². The summed E-state index contributed by atoms with van der Waals surface area (Å²) in [4.78, 5) is 25.4. The Kier molecular flexibility index (Phi) is 7.01. The number of hydrogen-bond acceptors (Lipinski definition) is 6. The predicted molar refractivity (Wildman–Crippen MR) is 129 cm³/mol. The molecule has 0 aliphatic carbocycles. The van der Waals surface area contributed by atoms with Gasteiger partial charge in [0.2, 0.25) is 15.9 Å². The van der Waals surface area contributed by atoms with Crippen LogP contribution >= 0.6 is 0 Å². The summed E-state index contributed by atoms with van der Waals surface area (Å²) in [5, 5.41) is 3.65. The lowest BCUT2D eigenvalue weighted by molar-refractivity contribution is -0.116. The highest BCUT2D eigenvalue weighted by Gasteiger charge is 2.26. The van der Waals surface area contributed by atoms with E-state index >= 15 is 0 Å². The van der Waals surface area contributed by atoms with Gasteiger partial charge in [0.15, 0.2) is 0 Å². The second kappa shape index (κ2) is 9.96. The summed E-state index contributed by atoms with van der Waals surface area (Å²) in [6.07, 6.45) is 0.0595. The third kappa shape index (κ3) is 4.84. The Morgan fingerprint density at radius 1 is 1.12 bits per heavy atom. The monoisotopic (exact) mass is 485 g/mol. The van der Waals surface area contributed by atoms with Crippen molar-refractivity contribution in [2.45, 2.75) is 24.8 Å². The second-order valence-electron chi connectivity index (χ2n) is 8.01. The molecule has 2 heterocycles. The fourth-order valence-corrected chi connectivity index (χ4v) is 5.45. The van der Waals surface area contributed by atoms with Crippen LogP contribution in [0, 0.1) is 6.92 Å². The molecule has 34 heavy (non-hydrogen) atoms. The minimum absolute atomic E-state index is 0.0595. The lowest BCUT2D eigenvalue weighted by Crippen LogP contribution is -2.40. The summed E-state index contributed by atoms with van der Waals surface area (Å²) >= 11 is 0. The molecule has 1 amide bonds. The van der Waals surface area contributed by atoms with Gasteiger partial charge in [0, 0.05) is 43.2 Å².